The Morgan fingerprint density at radius 3 is 2.62 bits per heavy atom. The molecule has 0 atom stereocenters. The van der Waals surface area contributed by atoms with Gasteiger partial charge in [-0.2, -0.15) is 0 Å². The summed E-state index contributed by atoms with van der Waals surface area (Å²) in [6.07, 6.45) is 0.745. The molecule has 13 heavy (non-hydrogen) atoms. The van der Waals surface area contributed by atoms with Crippen molar-refractivity contribution < 1.29 is 14.7 Å². The highest BCUT2D eigenvalue weighted by Gasteiger charge is 2.02. The molecule has 0 fully saturated rings. The van der Waals surface area contributed by atoms with Gasteiger partial charge >= 0.3 is 5.97 Å². The highest BCUT2D eigenvalue weighted by atomic mass is 32.2. The number of amides is 1. The van der Waals surface area contributed by atoms with Crippen molar-refractivity contribution >= 4 is 23.6 Å². The van der Waals surface area contributed by atoms with Crippen LogP contribution in [-0.4, -0.2) is 41.6 Å². The molecular weight excluding hydrogens is 192 g/mol. The molecule has 0 unspecified atom stereocenters. The van der Waals surface area contributed by atoms with Crippen molar-refractivity contribution in [1.29, 1.82) is 0 Å². The quantitative estimate of drug-likeness (QED) is 0.477. The summed E-state index contributed by atoms with van der Waals surface area (Å²) in [5, 5.41) is 10.9. The molecule has 0 aliphatic heterocycles. The smallest absolute Gasteiger partial charge is 0.313 e. The molecule has 0 aromatic heterocycles. The second-order valence-electron chi connectivity index (χ2n) is 2.38. The molecule has 0 heterocycles. The average Bonchev–Trinajstić information content (AvgIpc) is 2.04. The number of carboxylic acid groups (broad SMARTS) is 1. The molecule has 0 rings (SSSR count). The zero-order valence-corrected chi connectivity index (χ0v) is 8.10. The van der Waals surface area contributed by atoms with E-state index in [0.717, 1.165) is 18.2 Å². The van der Waals surface area contributed by atoms with Gasteiger partial charge in [0.05, 0.1) is 11.5 Å². The van der Waals surface area contributed by atoms with Crippen LogP contribution in [0.25, 0.3) is 0 Å². The lowest BCUT2D eigenvalue weighted by atomic mass is 10.4. The molecule has 6 heteroatoms. The third-order valence-electron chi connectivity index (χ3n) is 1.16. The van der Waals surface area contributed by atoms with Gasteiger partial charge in [-0.25, -0.2) is 0 Å². The Kier molecular flexibility index (Phi) is 7.42. The van der Waals surface area contributed by atoms with Crippen LogP contribution in [0.5, 0.6) is 0 Å². The first-order valence-corrected chi connectivity index (χ1v) is 5.08. The molecule has 0 spiro atoms. The molecule has 76 valence electrons. The van der Waals surface area contributed by atoms with Gasteiger partial charge in [-0.3, -0.25) is 9.59 Å². The molecule has 0 aliphatic rings. The molecule has 0 saturated carbocycles. The molecule has 5 nitrogen and oxygen atoms in total. The topological polar surface area (TPSA) is 92.4 Å². The number of carbonyl (C=O) groups excluding carboxylic acids is 1. The van der Waals surface area contributed by atoms with Gasteiger partial charge in [-0.05, 0) is 13.0 Å². The highest BCUT2D eigenvalue weighted by molar-refractivity contribution is 8.00. The predicted molar refractivity (Wildman–Crippen MR) is 51.6 cm³/mol. The first kappa shape index (κ1) is 12.2. The Labute approximate surface area is 81.1 Å². The second kappa shape index (κ2) is 7.88. The molecule has 0 aromatic rings. The Bertz CT molecular complexity index is 175. The van der Waals surface area contributed by atoms with E-state index in [9.17, 15) is 9.59 Å². The van der Waals surface area contributed by atoms with Gasteiger partial charge in [-0.15, -0.1) is 11.8 Å². The maximum absolute atomic E-state index is 10.9. The van der Waals surface area contributed by atoms with Crippen molar-refractivity contribution in [3.05, 3.63) is 0 Å². The van der Waals surface area contributed by atoms with Gasteiger partial charge in [0.2, 0.25) is 5.91 Å². The SMILES string of the molecule is NCCCNC(=O)CSCC(=O)O. The monoisotopic (exact) mass is 206 g/mol. The van der Waals surface area contributed by atoms with E-state index < -0.39 is 5.97 Å². The largest absolute Gasteiger partial charge is 0.481 e. The zero-order chi connectivity index (χ0) is 10.1. The summed E-state index contributed by atoms with van der Waals surface area (Å²) < 4.78 is 0. The Morgan fingerprint density at radius 1 is 1.38 bits per heavy atom. The fraction of sp³-hybridized carbons (Fsp3) is 0.714. The van der Waals surface area contributed by atoms with E-state index in [1.807, 2.05) is 0 Å². The first-order chi connectivity index (χ1) is 6.16. The fourth-order valence-corrected chi connectivity index (χ4v) is 1.18. The summed E-state index contributed by atoms with van der Waals surface area (Å²) in [7, 11) is 0. The normalized spacial score (nSPS) is 9.62. The lowest BCUT2D eigenvalue weighted by molar-refractivity contribution is -0.133. The minimum absolute atomic E-state index is 0.0374. The lowest BCUT2D eigenvalue weighted by Gasteiger charge is -2.02. The molecular formula is C7H14N2O3S. The van der Waals surface area contributed by atoms with Crippen molar-refractivity contribution in [3.63, 3.8) is 0 Å². The van der Waals surface area contributed by atoms with E-state index in [1.54, 1.807) is 0 Å². The molecule has 1 amide bonds. The molecule has 0 aromatic carbocycles. The van der Waals surface area contributed by atoms with Crippen LogP contribution >= 0.6 is 11.8 Å². The van der Waals surface area contributed by atoms with Crippen molar-refractivity contribution in [2.24, 2.45) is 5.73 Å². The van der Waals surface area contributed by atoms with Crippen LogP contribution in [-0.2, 0) is 9.59 Å². The molecule has 0 aliphatic carbocycles. The average molecular weight is 206 g/mol. The third-order valence-corrected chi connectivity index (χ3v) is 2.08. The van der Waals surface area contributed by atoms with Gasteiger partial charge in [0.15, 0.2) is 0 Å². The summed E-state index contributed by atoms with van der Waals surface area (Å²) in [5.41, 5.74) is 5.22. The molecule has 0 bridgehead atoms. The van der Waals surface area contributed by atoms with Crippen LogP contribution in [0.4, 0.5) is 0 Å². The van der Waals surface area contributed by atoms with E-state index in [-0.39, 0.29) is 17.4 Å². The molecule has 0 radical (unpaired) electrons. The summed E-state index contributed by atoms with van der Waals surface area (Å²) >= 11 is 1.08. The van der Waals surface area contributed by atoms with Crippen LogP contribution in [0, 0.1) is 0 Å². The maximum atomic E-state index is 10.9. The number of carbonyl (C=O) groups is 2. The number of aliphatic carboxylic acids is 1. The van der Waals surface area contributed by atoms with Crippen LogP contribution in [0.15, 0.2) is 0 Å². The lowest BCUT2D eigenvalue weighted by Crippen LogP contribution is -2.27. The van der Waals surface area contributed by atoms with E-state index >= 15 is 0 Å². The maximum Gasteiger partial charge on any atom is 0.313 e. The van der Waals surface area contributed by atoms with Crippen LogP contribution in [0.3, 0.4) is 0 Å². The van der Waals surface area contributed by atoms with Crippen molar-refractivity contribution in [2.45, 2.75) is 6.42 Å². The number of nitrogens with one attached hydrogen (secondary N) is 1. The van der Waals surface area contributed by atoms with E-state index in [0.29, 0.717) is 13.1 Å². The van der Waals surface area contributed by atoms with Gasteiger partial charge < -0.3 is 16.2 Å². The van der Waals surface area contributed by atoms with Crippen LogP contribution < -0.4 is 11.1 Å². The van der Waals surface area contributed by atoms with Gasteiger partial charge in [0.25, 0.3) is 0 Å². The molecule has 4 N–H and O–H groups in total. The van der Waals surface area contributed by atoms with Gasteiger partial charge in [-0.1, -0.05) is 0 Å². The fourth-order valence-electron chi connectivity index (χ4n) is 0.612. The summed E-state index contributed by atoms with van der Waals surface area (Å²) in [4.78, 5) is 21.0. The zero-order valence-electron chi connectivity index (χ0n) is 7.28. The van der Waals surface area contributed by atoms with Crippen LogP contribution in [0.1, 0.15) is 6.42 Å². The number of thioether (sulfide) groups is 1. The van der Waals surface area contributed by atoms with Crippen molar-refractivity contribution in [2.75, 3.05) is 24.6 Å². The van der Waals surface area contributed by atoms with E-state index in [1.165, 1.54) is 0 Å². The number of hydrogen-bond donors (Lipinski definition) is 3. The second-order valence-corrected chi connectivity index (χ2v) is 3.36. The number of carboxylic acids is 1. The van der Waals surface area contributed by atoms with Crippen molar-refractivity contribution in [3.8, 4) is 0 Å². The first-order valence-electron chi connectivity index (χ1n) is 3.93. The number of nitrogens with two attached hydrogens (primary N) is 1. The summed E-state index contributed by atoms with van der Waals surface area (Å²) in [6, 6.07) is 0. The Balaban J connectivity index is 3.25. The number of hydrogen-bond acceptors (Lipinski definition) is 4. The minimum Gasteiger partial charge on any atom is -0.481 e. The standard InChI is InChI=1S/C7H14N2O3S/c8-2-1-3-9-6(10)4-13-5-7(11)12/h1-5,8H2,(H,9,10)(H,11,12). The Morgan fingerprint density at radius 2 is 2.08 bits per heavy atom. The van der Waals surface area contributed by atoms with Crippen molar-refractivity contribution in [1.82, 2.24) is 5.32 Å². The predicted octanol–water partition coefficient (Wildman–Crippen LogP) is -0.731. The Hall–Kier alpha value is -0.750. The molecule has 0 saturated heterocycles. The van der Waals surface area contributed by atoms with Gasteiger partial charge in [0.1, 0.15) is 0 Å². The minimum atomic E-state index is -0.903. The van der Waals surface area contributed by atoms with Crippen LogP contribution in [0.2, 0.25) is 0 Å². The summed E-state index contributed by atoms with van der Waals surface area (Å²) in [5.74, 6) is -0.888. The number of rotatable bonds is 7. The highest BCUT2D eigenvalue weighted by Crippen LogP contribution is 1.97. The summed E-state index contributed by atoms with van der Waals surface area (Å²) in [6.45, 7) is 1.10. The van der Waals surface area contributed by atoms with E-state index in [2.05, 4.69) is 5.32 Å². The third kappa shape index (κ3) is 9.16. The van der Waals surface area contributed by atoms with Gasteiger partial charge in [0, 0.05) is 6.54 Å². The van der Waals surface area contributed by atoms with E-state index in [4.69, 9.17) is 10.8 Å².